The van der Waals surface area contributed by atoms with Crippen LogP contribution in [0.3, 0.4) is 0 Å². The standard InChI is InChI=1S/C22H29N3O/c23-14-20(25-22(26)21-18-10-11-19(13-18)24-21)12-15-6-8-17(9-7-15)16-4-2-1-3-5-16/h4,6-9,14,18-21,23-24H,1-3,5,10-13H2,(H,25,26). The van der Waals surface area contributed by atoms with Crippen LogP contribution in [-0.4, -0.2) is 30.2 Å². The van der Waals surface area contributed by atoms with Gasteiger partial charge in [-0.3, -0.25) is 4.79 Å². The molecule has 1 aromatic rings. The van der Waals surface area contributed by atoms with Crippen molar-refractivity contribution in [2.45, 2.75) is 69.5 Å². The van der Waals surface area contributed by atoms with Gasteiger partial charge in [0.15, 0.2) is 0 Å². The molecule has 2 fully saturated rings. The van der Waals surface area contributed by atoms with Crippen LogP contribution >= 0.6 is 0 Å². The highest BCUT2D eigenvalue weighted by molar-refractivity contribution is 5.85. The van der Waals surface area contributed by atoms with Crippen LogP contribution < -0.4 is 10.6 Å². The lowest BCUT2D eigenvalue weighted by atomic mass is 9.92. The minimum absolute atomic E-state index is 0.0585. The van der Waals surface area contributed by atoms with Crippen molar-refractivity contribution in [3.05, 3.63) is 41.5 Å². The first kappa shape index (κ1) is 17.5. The van der Waals surface area contributed by atoms with E-state index in [1.807, 2.05) is 0 Å². The van der Waals surface area contributed by atoms with E-state index < -0.39 is 0 Å². The first-order valence-electron chi connectivity index (χ1n) is 10.1. The number of hydrogen-bond donors (Lipinski definition) is 3. The summed E-state index contributed by atoms with van der Waals surface area (Å²) in [5.41, 5.74) is 3.94. The van der Waals surface area contributed by atoms with Gasteiger partial charge < -0.3 is 16.0 Å². The highest BCUT2D eigenvalue weighted by atomic mass is 16.2. The number of amides is 1. The molecular weight excluding hydrogens is 322 g/mol. The van der Waals surface area contributed by atoms with Crippen molar-refractivity contribution in [1.29, 1.82) is 5.41 Å². The van der Waals surface area contributed by atoms with Gasteiger partial charge in [-0.1, -0.05) is 30.3 Å². The molecule has 1 saturated carbocycles. The summed E-state index contributed by atoms with van der Waals surface area (Å²) in [6.07, 6.45) is 12.8. The van der Waals surface area contributed by atoms with E-state index in [4.69, 9.17) is 5.41 Å². The van der Waals surface area contributed by atoms with Crippen molar-refractivity contribution in [2.75, 3.05) is 0 Å². The van der Waals surface area contributed by atoms with Gasteiger partial charge in [-0.05, 0) is 74.0 Å². The largest absolute Gasteiger partial charge is 0.347 e. The van der Waals surface area contributed by atoms with Crippen molar-refractivity contribution < 1.29 is 4.79 Å². The summed E-state index contributed by atoms with van der Waals surface area (Å²) >= 11 is 0. The van der Waals surface area contributed by atoms with Crippen molar-refractivity contribution >= 4 is 17.7 Å². The van der Waals surface area contributed by atoms with Gasteiger partial charge in [0, 0.05) is 12.3 Å². The number of carbonyl (C=O) groups excluding carboxylic acids is 1. The zero-order valence-corrected chi connectivity index (χ0v) is 15.3. The van der Waals surface area contributed by atoms with Crippen LogP contribution in [0.4, 0.5) is 0 Å². The number of benzene rings is 1. The smallest absolute Gasteiger partial charge is 0.237 e. The van der Waals surface area contributed by atoms with E-state index in [9.17, 15) is 4.79 Å². The predicted molar refractivity (Wildman–Crippen MR) is 105 cm³/mol. The van der Waals surface area contributed by atoms with Crippen LogP contribution in [0.2, 0.25) is 0 Å². The first-order chi connectivity index (χ1) is 12.7. The number of piperidine rings is 1. The SMILES string of the molecule is N=CC(Cc1ccc(C2=CCCCC2)cc1)NC(=O)C1NC2CCC1C2. The molecule has 3 aliphatic rings. The highest BCUT2D eigenvalue weighted by Gasteiger charge is 2.42. The molecule has 1 aliphatic heterocycles. The van der Waals surface area contributed by atoms with Crippen LogP contribution in [0.25, 0.3) is 5.57 Å². The normalized spacial score (nSPS) is 28.5. The Bertz CT molecular complexity index is 694. The van der Waals surface area contributed by atoms with Crippen molar-refractivity contribution in [2.24, 2.45) is 5.92 Å². The molecule has 1 aromatic carbocycles. The van der Waals surface area contributed by atoms with Crippen LogP contribution in [0.15, 0.2) is 30.3 Å². The summed E-state index contributed by atoms with van der Waals surface area (Å²) < 4.78 is 0. The molecule has 26 heavy (non-hydrogen) atoms. The average Bonchev–Trinajstić information content (AvgIpc) is 3.32. The predicted octanol–water partition coefficient (Wildman–Crippen LogP) is 3.46. The first-order valence-corrected chi connectivity index (χ1v) is 10.1. The molecule has 1 saturated heterocycles. The Labute approximate surface area is 156 Å². The molecule has 4 unspecified atom stereocenters. The molecule has 4 rings (SSSR count). The topological polar surface area (TPSA) is 65.0 Å². The number of hydrogen-bond acceptors (Lipinski definition) is 3. The number of rotatable bonds is 6. The molecule has 138 valence electrons. The van der Waals surface area contributed by atoms with E-state index in [2.05, 4.69) is 41.0 Å². The van der Waals surface area contributed by atoms with Crippen LogP contribution in [0, 0.1) is 11.3 Å². The summed E-state index contributed by atoms with van der Waals surface area (Å²) in [5.74, 6) is 0.545. The Morgan fingerprint density at radius 2 is 2.12 bits per heavy atom. The number of nitrogens with one attached hydrogen (secondary N) is 3. The number of allylic oxidation sites excluding steroid dienone is 2. The summed E-state index contributed by atoms with van der Waals surface area (Å²) in [4.78, 5) is 12.6. The van der Waals surface area contributed by atoms with Gasteiger partial charge >= 0.3 is 0 Å². The maximum Gasteiger partial charge on any atom is 0.237 e. The average molecular weight is 351 g/mol. The summed E-state index contributed by atoms with van der Waals surface area (Å²) in [7, 11) is 0. The van der Waals surface area contributed by atoms with Crippen LogP contribution in [0.5, 0.6) is 0 Å². The molecule has 2 bridgehead atoms. The molecule has 4 nitrogen and oxygen atoms in total. The van der Waals surface area contributed by atoms with Gasteiger partial charge in [-0.15, -0.1) is 0 Å². The Balaban J connectivity index is 1.35. The highest BCUT2D eigenvalue weighted by Crippen LogP contribution is 2.35. The summed E-state index contributed by atoms with van der Waals surface area (Å²) in [6, 6.07) is 8.89. The molecule has 1 heterocycles. The van der Waals surface area contributed by atoms with E-state index in [1.165, 1.54) is 55.0 Å². The fourth-order valence-electron chi connectivity index (χ4n) is 4.78. The zero-order chi connectivity index (χ0) is 17.9. The number of fused-ring (bicyclic) bond motifs is 2. The van der Waals surface area contributed by atoms with Gasteiger partial charge in [-0.2, -0.15) is 0 Å². The number of carbonyl (C=O) groups is 1. The fourth-order valence-corrected chi connectivity index (χ4v) is 4.78. The Morgan fingerprint density at radius 3 is 2.73 bits per heavy atom. The lowest BCUT2D eigenvalue weighted by molar-refractivity contribution is -0.124. The van der Waals surface area contributed by atoms with Crippen LogP contribution in [-0.2, 0) is 11.2 Å². The third kappa shape index (κ3) is 3.75. The molecule has 0 aromatic heterocycles. The minimum atomic E-state index is -0.233. The maximum atomic E-state index is 12.6. The fraction of sp³-hybridized carbons (Fsp3) is 0.545. The van der Waals surface area contributed by atoms with Crippen molar-refractivity contribution in [1.82, 2.24) is 10.6 Å². The lowest BCUT2D eigenvalue weighted by Crippen LogP contribution is -2.51. The van der Waals surface area contributed by atoms with E-state index >= 15 is 0 Å². The summed E-state index contributed by atoms with van der Waals surface area (Å²) in [5, 5.41) is 14.2. The third-order valence-corrected chi connectivity index (χ3v) is 6.24. The van der Waals surface area contributed by atoms with E-state index in [-0.39, 0.29) is 18.0 Å². The molecule has 4 atom stereocenters. The van der Waals surface area contributed by atoms with Crippen molar-refractivity contribution in [3.8, 4) is 0 Å². The van der Waals surface area contributed by atoms with E-state index in [1.54, 1.807) is 0 Å². The van der Waals surface area contributed by atoms with Crippen LogP contribution in [0.1, 0.15) is 56.1 Å². The third-order valence-electron chi connectivity index (χ3n) is 6.24. The minimum Gasteiger partial charge on any atom is -0.347 e. The van der Waals surface area contributed by atoms with E-state index in [0.717, 1.165) is 12.8 Å². The van der Waals surface area contributed by atoms with E-state index in [0.29, 0.717) is 18.4 Å². The van der Waals surface area contributed by atoms with Crippen molar-refractivity contribution in [3.63, 3.8) is 0 Å². The van der Waals surface area contributed by atoms with Gasteiger partial charge in [0.2, 0.25) is 5.91 Å². The Morgan fingerprint density at radius 1 is 1.27 bits per heavy atom. The Hall–Kier alpha value is -1.94. The maximum absolute atomic E-state index is 12.6. The second kappa shape index (κ2) is 7.75. The zero-order valence-electron chi connectivity index (χ0n) is 15.3. The van der Waals surface area contributed by atoms with Gasteiger partial charge in [0.05, 0.1) is 12.1 Å². The van der Waals surface area contributed by atoms with Gasteiger partial charge in [0.1, 0.15) is 0 Å². The van der Waals surface area contributed by atoms with Gasteiger partial charge in [-0.25, -0.2) is 0 Å². The summed E-state index contributed by atoms with van der Waals surface area (Å²) in [6.45, 7) is 0. The second-order valence-corrected chi connectivity index (χ2v) is 8.07. The molecule has 1 amide bonds. The molecule has 4 heteroatoms. The molecule has 0 spiro atoms. The Kier molecular flexibility index (Phi) is 5.21. The molecule has 3 N–H and O–H groups in total. The monoisotopic (exact) mass is 351 g/mol. The molecular formula is C22H29N3O. The lowest BCUT2D eigenvalue weighted by Gasteiger charge is -2.24. The quantitative estimate of drug-likeness (QED) is 0.687. The second-order valence-electron chi connectivity index (χ2n) is 8.07. The molecule has 0 radical (unpaired) electrons. The molecule has 2 aliphatic carbocycles. The van der Waals surface area contributed by atoms with Gasteiger partial charge in [0.25, 0.3) is 0 Å².